The fourth-order valence-corrected chi connectivity index (χ4v) is 4.79. The third-order valence-corrected chi connectivity index (χ3v) is 7.73. The molecule has 0 unspecified atom stereocenters. The van der Waals surface area contributed by atoms with Crippen molar-refractivity contribution in [1.82, 2.24) is 0 Å². The van der Waals surface area contributed by atoms with Crippen LogP contribution in [0.4, 0.5) is 0 Å². The summed E-state index contributed by atoms with van der Waals surface area (Å²) in [5.41, 5.74) is 1.38. The number of rotatable bonds is 43. The molecular formula is C40H74O11. The van der Waals surface area contributed by atoms with Gasteiger partial charge in [0, 0.05) is 6.61 Å². The third-order valence-electron chi connectivity index (χ3n) is 7.73. The zero-order chi connectivity index (χ0) is 36.4. The second-order valence-corrected chi connectivity index (χ2v) is 12.2. The minimum atomic E-state index is 0.520. The quantitative estimate of drug-likeness (QED) is 0.0670. The summed E-state index contributed by atoms with van der Waals surface area (Å²) in [5, 5.41) is 0. The number of benzene rings is 1. The summed E-state index contributed by atoms with van der Waals surface area (Å²) < 4.78 is 61.0. The number of aryl methyl sites for hydroxylation is 1. The molecule has 0 aromatic heterocycles. The van der Waals surface area contributed by atoms with E-state index in [0.717, 1.165) is 25.2 Å². The van der Waals surface area contributed by atoms with Crippen LogP contribution in [0.5, 0.6) is 5.75 Å². The van der Waals surface area contributed by atoms with Gasteiger partial charge >= 0.3 is 0 Å². The molecule has 1 rings (SSSR count). The lowest BCUT2D eigenvalue weighted by molar-refractivity contribution is -0.0267. The first-order chi connectivity index (χ1) is 25.4. The van der Waals surface area contributed by atoms with E-state index in [4.69, 9.17) is 52.1 Å². The maximum absolute atomic E-state index is 5.78. The summed E-state index contributed by atoms with van der Waals surface area (Å²) in [7, 11) is 0. The molecule has 1 aromatic carbocycles. The summed E-state index contributed by atoms with van der Waals surface area (Å²) in [4.78, 5) is 0. The van der Waals surface area contributed by atoms with Gasteiger partial charge in [-0.2, -0.15) is 0 Å². The third kappa shape index (κ3) is 36.8. The van der Waals surface area contributed by atoms with Crippen molar-refractivity contribution < 1.29 is 52.1 Å². The van der Waals surface area contributed by atoms with Gasteiger partial charge in [-0.15, -0.1) is 0 Å². The van der Waals surface area contributed by atoms with Crippen LogP contribution in [0.1, 0.15) is 83.6 Å². The van der Waals surface area contributed by atoms with Crippen LogP contribution in [-0.4, -0.2) is 139 Å². The Bertz CT molecular complexity index is 784. The molecule has 0 aliphatic heterocycles. The Kier molecular flexibility index (Phi) is 38.7. The molecule has 0 aliphatic carbocycles. The fourth-order valence-electron chi connectivity index (χ4n) is 4.79. The Morgan fingerprint density at radius 2 is 0.588 bits per heavy atom. The van der Waals surface area contributed by atoms with E-state index in [2.05, 4.69) is 38.1 Å². The zero-order valence-corrected chi connectivity index (χ0v) is 32.4. The van der Waals surface area contributed by atoms with E-state index in [1.165, 1.54) is 63.4 Å². The van der Waals surface area contributed by atoms with Crippen molar-refractivity contribution >= 4 is 0 Å². The molecule has 0 aliphatic rings. The molecule has 0 amide bonds. The van der Waals surface area contributed by atoms with Crippen molar-refractivity contribution in [3.63, 3.8) is 0 Å². The van der Waals surface area contributed by atoms with Gasteiger partial charge in [-0.1, -0.05) is 77.3 Å². The molecule has 300 valence electrons. The van der Waals surface area contributed by atoms with Crippen LogP contribution in [0, 0.1) is 0 Å². The molecule has 0 spiro atoms. The SMILES string of the molecule is CCCCCCCCc1ccc(OCCOCCOCCOCCOCCOCCOCCOCCOCCOCCOCCCCCC)cc1. The van der Waals surface area contributed by atoms with E-state index >= 15 is 0 Å². The maximum atomic E-state index is 5.78. The molecule has 0 atom stereocenters. The highest BCUT2D eigenvalue weighted by molar-refractivity contribution is 5.27. The van der Waals surface area contributed by atoms with E-state index in [0.29, 0.717) is 132 Å². The lowest BCUT2D eigenvalue weighted by atomic mass is 10.0. The summed E-state index contributed by atoms with van der Waals surface area (Å²) in [6, 6.07) is 8.45. The summed E-state index contributed by atoms with van der Waals surface area (Å²) in [6.07, 6.45) is 14.0. The molecule has 1 aromatic rings. The van der Waals surface area contributed by atoms with Crippen LogP contribution in [0.2, 0.25) is 0 Å². The first kappa shape index (κ1) is 47.6. The Hall–Kier alpha value is -1.38. The van der Waals surface area contributed by atoms with Crippen molar-refractivity contribution in [3.8, 4) is 5.75 Å². The van der Waals surface area contributed by atoms with Crippen LogP contribution in [0.15, 0.2) is 24.3 Å². The molecule has 0 bridgehead atoms. The molecule has 0 N–H and O–H groups in total. The molecule has 51 heavy (non-hydrogen) atoms. The predicted octanol–water partition coefficient (Wildman–Crippen LogP) is 6.71. The Morgan fingerprint density at radius 1 is 0.294 bits per heavy atom. The van der Waals surface area contributed by atoms with Gasteiger partial charge in [-0.25, -0.2) is 0 Å². The Morgan fingerprint density at radius 3 is 0.961 bits per heavy atom. The molecule has 11 nitrogen and oxygen atoms in total. The van der Waals surface area contributed by atoms with Crippen molar-refractivity contribution in [3.05, 3.63) is 29.8 Å². The van der Waals surface area contributed by atoms with Gasteiger partial charge in [0.2, 0.25) is 0 Å². The highest BCUT2D eigenvalue weighted by Gasteiger charge is 1.99. The fraction of sp³-hybridized carbons (Fsp3) is 0.850. The summed E-state index contributed by atoms with van der Waals surface area (Å²) in [5.74, 6) is 0.888. The van der Waals surface area contributed by atoms with E-state index in [1.807, 2.05) is 0 Å². The van der Waals surface area contributed by atoms with Crippen LogP contribution >= 0.6 is 0 Å². The second-order valence-electron chi connectivity index (χ2n) is 12.2. The van der Waals surface area contributed by atoms with Crippen molar-refractivity contribution in [2.75, 3.05) is 139 Å². The Balaban J connectivity index is 1.68. The molecular weight excluding hydrogens is 656 g/mol. The minimum Gasteiger partial charge on any atom is -0.491 e. The first-order valence-corrected chi connectivity index (χ1v) is 19.9. The molecule has 0 saturated carbocycles. The molecule has 0 saturated heterocycles. The molecule has 0 heterocycles. The van der Waals surface area contributed by atoms with E-state index < -0.39 is 0 Å². The second kappa shape index (κ2) is 41.4. The topological polar surface area (TPSA) is 102 Å². The van der Waals surface area contributed by atoms with Crippen LogP contribution < -0.4 is 4.74 Å². The minimum absolute atomic E-state index is 0.520. The average molecular weight is 731 g/mol. The monoisotopic (exact) mass is 731 g/mol. The lowest BCUT2D eigenvalue weighted by Gasteiger charge is -2.09. The van der Waals surface area contributed by atoms with Crippen LogP contribution in [-0.2, 0) is 53.8 Å². The maximum Gasteiger partial charge on any atom is 0.119 e. The number of ether oxygens (including phenoxy) is 11. The van der Waals surface area contributed by atoms with Crippen LogP contribution in [0.25, 0.3) is 0 Å². The first-order valence-electron chi connectivity index (χ1n) is 19.9. The predicted molar refractivity (Wildman–Crippen MR) is 201 cm³/mol. The van der Waals surface area contributed by atoms with Gasteiger partial charge in [0.15, 0.2) is 0 Å². The van der Waals surface area contributed by atoms with Crippen molar-refractivity contribution in [2.45, 2.75) is 84.5 Å². The molecule has 11 heteroatoms. The number of hydrogen-bond donors (Lipinski definition) is 0. The largest absolute Gasteiger partial charge is 0.491 e. The van der Waals surface area contributed by atoms with Gasteiger partial charge in [0.05, 0.1) is 126 Å². The number of hydrogen-bond acceptors (Lipinski definition) is 11. The summed E-state index contributed by atoms with van der Waals surface area (Å²) in [6.45, 7) is 16.1. The summed E-state index contributed by atoms with van der Waals surface area (Å²) >= 11 is 0. The Labute approximate surface area is 310 Å². The van der Waals surface area contributed by atoms with Gasteiger partial charge in [0.1, 0.15) is 12.4 Å². The normalized spacial score (nSPS) is 11.5. The standard InChI is InChI=1S/C40H74O11/c1-3-5-7-9-10-11-13-39-14-16-40(17-15-39)51-38-37-50-36-35-49-34-33-48-32-31-47-30-29-46-28-27-45-26-25-44-24-23-43-22-21-42-20-19-41-18-12-8-6-4-2/h14-17H,3-13,18-38H2,1-2H3. The highest BCUT2D eigenvalue weighted by Crippen LogP contribution is 2.15. The smallest absolute Gasteiger partial charge is 0.119 e. The van der Waals surface area contributed by atoms with Gasteiger partial charge in [-0.05, 0) is 37.0 Å². The van der Waals surface area contributed by atoms with Gasteiger partial charge in [-0.3, -0.25) is 0 Å². The van der Waals surface area contributed by atoms with E-state index in [-0.39, 0.29) is 0 Å². The van der Waals surface area contributed by atoms with E-state index in [1.54, 1.807) is 0 Å². The average Bonchev–Trinajstić information content (AvgIpc) is 3.15. The molecule has 0 fully saturated rings. The number of unbranched alkanes of at least 4 members (excludes halogenated alkanes) is 8. The zero-order valence-electron chi connectivity index (χ0n) is 32.4. The van der Waals surface area contributed by atoms with Crippen LogP contribution in [0.3, 0.4) is 0 Å². The molecule has 0 radical (unpaired) electrons. The van der Waals surface area contributed by atoms with Gasteiger partial charge in [0.25, 0.3) is 0 Å². The van der Waals surface area contributed by atoms with Crippen molar-refractivity contribution in [1.29, 1.82) is 0 Å². The van der Waals surface area contributed by atoms with Gasteiger partial charge < -0.3 is 52.1 Å². The van der Waals surface area contributed by atoms with E-state index in [9.17, 15) is 0 Å². The lowest BCUT2D eigenvalue weighted by Crippen LogP contribution is -2.15. The van der Waals surface area contributed by atoms with Crippen molar-refractivity contribution in [2.24, 2.45) is 0 Å². The highest BCUT2D eigenvalue weighted by atomic mass is 16.6.